The molecule has 0 radical (unpaired) electrons. The van der Waals surface area contributed by atoms with Gasteiger partial charge in [-0.15, -0.1) is 0 Å². The maximum Gasteiger partial charge on any atom is 0.341 e. The van der Waals surface area contributed by atoms with E-state index in [9.17, 15) is 4.79 Å². The van der Waals surface area contributed by atoms with E-state index in [4.69, 9.17) is 18.9 Å². The molecule has 0 aromatic carbocycles. The molecule has 1 atom stereocenters. The average Bonchev–Trinajstić information content (AvgIpc) is 2.87. The molecule has 2 saturated heterocycles. The van der Waals surface area contributed by atoms with Crippen LogP contribution in [0.15, 0.2) is 0 Å². The molecule has 0 amide bonds. The van der Waals surface area contributed by atoms with Crippen molar-refractivity contribution in [2.45, 2.75) is 63.4 Å². The Morgan fingerprint density at radius 2 is 1.75 bits per heavy atom. The second-order valence-electron chi connectivity index (χ2n) is 6.31. The lowest BCUT2D eigenvalue weighted by atomic mass is 9.73. The van der Waals surface area contributed by atoms with Gasteiger partial charge in [0.05, 0.1) is 19.8 Å². The smallest absolute Gasteiger partial charge is 0.341 e. The molecule has 1 unspecified atom stereocenters. The van der Waals surface area contributed by atoms with Crippen LogP contribution in [0.1, 0.15) is 46.5 Å². The summed E-state index contributed by atoms with van der Waals surface area (Å²) in [4.78, 5) is 12.3. The Hall–Kier alpha value is -0.650. The lowest BCUT2D eigenvalue weighted by molar-refractivity contribution is -0.184. The Balaban J connectivity index is 1.73. The lowest BCUT2D eigenvalue weighted by Crippen LogP contribution is -2.46. The summed E-state index contributed by atoms with van der Waals surface area (Å²) >= 11 is 0. The molecule has 0 bridgehead atoms. The van der Waals surface area contributed by atoms with Crippen LogP contribution in [0.5, 0.6) is 0 Å². The minimum Gasteiger partial charge on any atom is -0.464 e. The molecule has 1 saturated carbocycles. The largest absolute Gasteiger partial charge is 0.464 e. The maximum absolute atomic E-state index is 12.3. The van der Waals surface area contributed by atoms with E-state index < -0.39 is 11.4 Å². The predicted molar refractivity (Wildman–Crippen MR) is 71.1 cm³/mol. The molecule has 20 heavy (non-hydrogen) atoms. The Morgan fingerprint density at radius 3 is 2.25 bits per heavy atom. The Morgan fingerprint density at radius 1 is 1.15 bits per heavy atom. The second-order valence-corrected chi connectivity index (χ2v) is 6.31. The van der Waals surface area contributed by atoms with Crippen molar-refractivity contribution >= 4 is 5.97 Å². The van der Waals surface area contributed by atoms with Gasteiger partial charge in [-0.25, -0.2) is 4.79 Å². The molecule has 3 fully saturated rings. The third-order valence-electron chi connectivity index (χ3n) is 5.02. The summed E-state index contributed by atoms with van der Waals surface area (Å²) in [6.45, 7) is 7.61. The highest BCUT2D eigenvalue weighted by molar-refractivity contribution is 5.85. The Kier molecular flexibility index (Phi) is 3.35. The zero-order valence-electron chi connectivity index (χ0n) is 12.6. The van der Waals surface area contributed by atoms with E-state index >= 15 is 0 Å². The molecule has 1 aliphatic carbocycles. The summed E-state index contributed by atoms with van der Waals surface area (Å²) in [6, 6.07) is 0. The quantitative estimate of drug-likeness (QED) is 0.586. The van der Waals surface area contributed by atoms with Crippen LogP contribution in [-0.4, -0.2) is 42.8 Å². The van der Waals surface area contributed by atoms with Gasteiger partial charge >= 0.3 is 5.97 Å². The molecule has 5 nitrogen and oxygen atoms in total. The number of carbonyl (C=O) groups is 1. The zero-order valence-corrected chi connectivity index (χ0v) is 12.6. The van der Waals surface area contributed by atoms with E-state index in [0.717, 1.165) is 25.7 Å². The first-order chi connectivity index (χ1) is 9.50. The van der Waals surface area contributed by atoms with E-state index in [0.29, 0.717) is 19.8 Å². The van der Waals surface area contributed by atoms with Gasteiger partial charge in [-0.2, -0.15) is 0 Å². The van der Waals surface area contributed by atoms with Crippen molar-refractivity contribution in [1.82, 2.24) is 0 Å². The van der Waals surface area contributed by atoms with E-state index in [1.807, 2.05) is 20.8 Å². The molecule has 2 spiro atoms. The van der Waals surface area contributed by atoms with Gasteiger partial charge in [-0.1, -0.05) is 13.8 Å². The summed E-state index contributed by atoms with van der Waals surface area (Å²) in [5.41, 5.74) is -1.13. The van der Waals surface area contributed by atoms with Gasteiger partial charge in [-0.05, 0) is 25.7 Å². The van der Waals surface area contributed by atoms with Crippen LogP contribution < -0.4 is 0 Å². The third-order valence-corrected chi connectivity index (χ3v) is 5.02. The summed E-state index contributed by atoms with van der Waals surface area (Å²) in [6.07, 6.45) is 3.18. The van der Waals surface area contributed by atoms with Gasteiger partial charge in [0.15, 0.2) is 11.4 Å². The van der Waals surface area contributed by atoms with Crippen LogP contribution in [0.25, 0.3) is 0 Å². The fourth-order valence-electron chi connectivity index (χ4n) is 3.92. The number of ether oxygens (including phenoxy) is 4. The number of hydrogen-bond acceptors (Lipinski definition) is 5. The van der Waals surface area contributed by atoms with E-state index in [-0.39, 0.29) is 17.5 Å². The van der Waals surface area contributed by atoms with Crippen LogP contribution >= 0.6 is 0 Å². The third kappa shape index (κ3) is 1.83. The molecule has 3 rings (SSSR count). The topological polar surface area (TPSA) is 57.3 Å². The van der Waals surface area contributed by atoms with Crippen molar-refractivity contribution in [2.24, 2.45) is 5.92 Å². The van der Waals surface area contributed by atoms with Crippen LogP contribution in [0.4, 0.5) is 0 Å². The summed E-state index contributed by atoms with van der Waals surface area (Å²) in [5, 5.41) is 0. The highest BCUT2D eigenvalue weighted by Crippen LogP contribution is 2.62. The number of rotatable bonds is 3. The summed E-state index contributed by atoms with van der Waals surface area (Å²) < 4.78 is 22.8. The van der Waals surface area contributed by atoms with Crippen LogP contribution in [0.2, 0.25) is 0 Å². The average molecular weight is 284 g/mol. The van der Waals surface area contributed by atoms with Crippen LogP contribution in [-0.2, 0) is 23.7 Å². The lowest BCUT2D eigenvalue weighted by Gasteiger charge is -2.35. The van der Waals surface area contributed by atoms with Crippen molar-refractivity contribution in [1.29, 1.82) is 0 Å². The van der Waals surface area contributed by atoms with Gasteiger partial charge in [0.1, 0.15) is 5.60 Å². The van der Waals surface area contributed by atoms with Crippen molar-refractivity contribution in [3.05, 3.63) is 0 Å². The van der Waals surface area contributed by atoms with Crippen LogP contribution in [0.3, 0.4) is 0 Å². The van der Waals surface area contributed by atoms with E-state index in [1.54, 1.807) is 0 Å². The standard InChI is InChI=1S/C15H24O5/c1-4-17-12(16)15(11(2)3)13(20-15)5-7-14(8-6-13)18-9-10-19-14/h11H,4-10H2,1-3H3. The van der Waals surface area contributed by atoms with Gasteiger partial charge in [0.2, 0.25) is 0 Å². The monoisotopic (exact) mass is 284 g/mol. The molecule has 2 heterocycles. The Bertz CT molecular complexity index is 389. The van der Waals surface area contributed by atoms with Gasteiger partial charge in [0.25, 0.3) is 0 Å². The van der Waals surface area contributed by atoms with Crippen molar-refractivity contribution < 1.29 is 23.7 Å². The Labute approximate surface area is 119 Å². The molecule has 0 N–H and O–H groups in total. The van der Waals surface area contributed by atoms with Crippen molar-refractivity contribution in [3.63, 3.8) is 0 Å². The fourth-order valence-corrected chi connectivity index (χ4v) is 3.92. The highest BCUT2D eigenvalue weighted by atomic mass is 16.7. The zero-order chi connectivity index (χ0) is 14.4. The molecule has 114 valence electrons. The maximum atomic E-state index is 12.3. The molecular formula is C15H24O5. The molecule has 2 aliphatic heterocycles. The van der Waals surface area contributed by atoms with Crippen molar-refractivity contribution in [2.75, 3.05) is 19.8 Å². The number of esters is 1. The number of hydrogen-bond donors (Lipinski definition) is 0. The summed E-state index contributed by atoms with van der Waals surface area (Å²) in [5.74, 6) is -0.519. The van der Waals surface area contributed by atoms with E-state index in [2.05, 4.69) is 0 Å². The SMILES string of the molecule is CCOC(=O)C1(C(C)C)OC12CCC1(CC2)OCCO1. The second kappa shape index (κ2) is 4.68. The molecule has 0 aromatic rings. The fraction of sp³-hybridized carbons (Fsp3) is 0.933. The van der Waals surface area contributed by atoms with Crippen LogP contribution in [0, 0.1) is 5.92 Å². The first-order valence-electron chi connectivity index (χ1n) is 7.66. The molecule has 5 heteroatoms. The summed E-state index contributed by atoms with van der Waals surface area (Å²) in [7, 11) is 0. The molecular weight excluding hydrogens is 260 g/mol. The molecule has 0 aromatic heterocycles. The minimum atomic E-state index is -0.761. The van der Waals surface area contributed by atoms with E-state index in [1.165, 1.54) is 0 Å². The molecule has 3 aliphatic rings. The normalized spacial score (nSPS) is 33.8. The van der Waals surface area contributed by atoms with Gasteiger partial charge < -0.3 is 18.9 Å². The highest BCUT2D eigenvalue weighted by Gasteiger charge is 2.77. The number of epoxide rings is 1. The van der Waals surface area contributed by atoms with Gasteiger partial charge in [-0.3, -0.25) is 0 Å². The number of carbonyl (C=O) groups excluding carboxylic acids is 1. The predicted octanol–water partition coefficient (Wildman–Crippen LogP) is 2.03. The minimum absolute atomic E-state index is 0.112. The van der Waals surface area contributed by atoms with Crippen molar-refractivity contribution in [3.8, 4) is 0 Å². The first-order valence-corrected chi connectivity index (χ1v) is 7.66. The first kappa shape index (κ1) is 14.3. The van der Waals surface area contributed by atoms with Gasteiger partial charge in [0, 0.05) is 12.8 Å².